The summed E-state index contributed by atoms with van der Waals surface area (Å²) in [5.74, 6) is 0. The first-order valence-electron chi connectivity index (χ1n) is 2.73. The van der Waals surface area contributed by atoms with Crippen LogP contribution in [0.3, 0.4) is 0 Å². The van der Waals surface area contributed by atoms with E-state index in [1.165, 1.54) is 0 Å². The van der Waals surface area contributed by atoms with Crippen LogP contribution in [0.4, 0.5) is 0 Å². The van der Waals surface area contributed by atoms with Gasteiger partial charge < -0.3 is 5.32 Å². The highest BCUT2D eigenvalue weighted by atomic mass is 14.8. The molecule has 1 N–H and O–H groups in total. The van der Waals surface area contributed by atoms with E-state index in [0.717, 1.165) is 13.1 Å². The fourth-order valence-electron chi connectivity index (χ4n) is 0.346. The largest absolute Gasteiger partial charge is 0.314 e. The molecule has 0 aromatic rings. The van der Waals surface area contributed by atoms with Gasteiger partial charge in [-0.3, -0.25) is 0 Å². The van der Waals surface area contributed by atoms with Crippen molar-refractivity contribution in [2.24, 2.45) is 0 Å². The van der Waals surface area contributed by atoms with E-state index in [1.807, 2.05) is 13.0 Å². The summed E-state index contributed by atoms with van der Waals surface area (Å²) >= 11 is 0. The Labute approximate surface area is 45.4 Å². The molecule has 7 heavy (non-hydrogen) atoms. The van der Waals surface area contributed by atoms with Crippen LogP contribution in [-0.4, -0.2) is 13.1 Å². The molecule has 0 amide bonds. The van der Waals surface area contributed by atoms with Crippen molar-refractivity contribution < 1.29 is 0 Å². The van der Waals surface area contributed by atoms with Crippen LogP contribution in [0.25, 0.3) is 0 Å². The van der Waals surface area contributed by atoms with Crippen molar-refractivity contribution in [3.63, 3.8) is 0 Å². The quantitative estimate of drug-likeness (QED) is 0.413. The lowest BCUT2D eigenvalue weighted by Gasteiger charge is -1.89. The molecule has 0 aliphatic carbocycles. The lowest BCUT2D eigenvalue weighted by atomic mass is 10.5. The van der Waals surface area contributed by atoms with Crippen molar-refractivity contribution in [1.29, 1.82) is 0 Å². The number of likely N-dealkylation sites (N-methyl/N-ethyl adjacent to an activating group) is 1. The van der Waals surface area contributed by atoms with Crippen LogP contribution in [0.15, 0.2) is 12.2 Å². The molecule has 0 rings (SSSR count). The zero-order chi connectivity index (χ0) is 5.54. The topological polar surface area (TPSA) is 12.0 Å². The summed E-state index contributed by atoms with van der Waals surface area (Å²) in [5, 5.41) is 3.16. The van der Waals surface area contributed by atoms with Crippen LogP contribution >= 0.6 is 0 Å². The minimum absolute atomic E-state index is 1.01. The summed E-state index contributed by atoms with van der Waals surface area (Å²) in [6, 6.07) is 0. The molecule has 0 saturated heterocycles. The van der Waals surface area contributed by atoms with Crippen LogP contribution in [0.5, 0.6) is 0 Å². The Morgan fingerprint density at radius 2 is 2.29 bits per heavy atom. The summed E-state index contributed by atoms with van der Waals surface area (Å²) in [7, 11) is 0. The molecule has 42 valence electrons. The molecule has 0 aromatic carbocycles. The van der Waals surface area contributed by atoms with E-state index in [1.54, 1.807) is 0 Å². The monoisotopic (exact) mass is 99.1 g/mol. The predicted octanol–water partition coefficient (Wildman–Crippen LogP) is 1.17. The van der Waals surface area contributed by atoms with E-state index in [4.69, 9.17) is 0 Å². The first kappa shape index (κ1) is 6.70. The molecule has 0 unspecified atom stereocenters. The van der Waals surface area contributed by atoms with Crippen molar-refractivity contribution in [1.82, 2.24) is 5.32 Å². The Balaban J connectivity index is 2.69. The molecular weight excluding hydrogens is 86.1 g/mol. The SMILES string of the molecule is C/C=C/CNCC. The predicted molar refractivity (Wildman–Crippen MR) is 33.4 cm³/mol. The van der Waals surface area contributed by atoms with E-state index in [2.05, 4.69) is 18.3 Å². The minimum Gasteiger partial charge on any atom is -0.314 e. The minimum atomic E-state index is 1.01. The first-order chi connectivity index (χ1) is 3.41. The molecule has 0 aliphatic rings. The highest BCUT2D eigenvalue weighted by Gasteiger charge is 1.68. The Hall–Kier alpha value is -0.300. The lowest BCUT2D eigenvalue weighted by Crippen LogP contribution is -2.11. The molecule has 0 atom stereocenters. The second-order valence-electron chi connectivity index (χ2n) is 1.38. The van der Waals surface area contributed by atoms with E-state index in [9.17, 15) is 0 Å². The van der Waals surface area contributed by atoms with E-state index >= 15 is 0 Å². The molecular formula is C6H13N. The first-order valence-corrected chi connectivity index (χ1v) is 2.73. The van der Waals surface area contributed by atoms with Crippen molar-refractivity contribution >= 4 is 0 Å². The Morgan fingerprint density at radius 1 is 1.57 bits per heavy atom. The van der Waals surface area contributed by atoms with Gasteiger partial charge in [0.25, 0.3) is 0 Å². The van der Waals surface area contributed by atoms with E-state index in [-0.39, 0.29) is 0 Å². The maximum absolute atomic E-state index is 3.16. The summed E-state index contributed by atoms with van der Waals surface area (Å²) in [5.41, 5.74) is 0. The average Bonchev–Trinajstić information content (AvgIpc) is 1.69. The van der Waals surface area contributed by atoms with E-state index in [0.29, 0.717) is 0 Å². The zero-order valence-electron chi connectivity index (χ0n) is 5.07. The van der Waals surface area contributed by atoms with Gasteiger partial charge in [0.05, 0.1) is 0 Å². The van der Waals surface area contributed by atoms with E-state index < -0.39 is 0 Å². The highest BCUT2D eigenvalue weighted by molar-refractivity contribution is 4.78. The van der Waals surface area contributed by atoms with Crippen LogP contribution in [0.2, 0.25) is 0 Å². The zero-order valence-corrected chi connectivity index (χ0v) is 5.07. The third-order valence-electron chi connectivity index (χ3n) is 0.748. The third kappa shape index (κ3) is 5.70. The van der Waals surface area contributed by atoms with Crippen molar-refractivity contribution in [3.8, 4) is 0 Å². The number of hydrogen-bond acceptors (Lipinski definition) is 1. The van der Waals surface area contributed by atoms with Crippen LogP contribution < -0.4 is 5.32 Å². The average molecular weight is 99.2 g/mol. The molecule has 0 aromatic heterocycles. The summed E-state index contributed by atoms with van der Waals surface area (Å²) < 4.78 is 0. The second kappa shape index (κ2) is 5.70. The van der Waals surface area contributed by atoms with Crippen molar-refractivity contribution in [2.75, 3.05) is 13.1 Å². The summed E-state index contributed by atoms with van der Waals surface area (Å²) in [4.78, 5) is 0. The maximum Gasteiger partial charge on any atom is 0.0134 e. The van der Waals surface area contributed by atoms with Gasteiger partial charge in [-0.1, -0.05) is 19.1 Å². The number of hydrogen-bond donors (Lipinski definition) is 1. The number of rotatable bonds is 3. The van der Waals surface area contributed by atoms with Crippen LogP contribution in [0.1, 0.15) is 13.8 Å². The van der Waals surface area contributed by atoms with Gasteiger partial charge >= 0.3 is 0 Å². The van der Waals surface area contributed by atoms with Crippen molar-refractivity contribution in [3.05, 3.63) is 12.2 Å². The number of nitrogens with one attached hydrogen (secondary N) is 1. The maximum atomic E-state index is 3.16. The Kier molecular flexibility index (Phi) is 5.46. The van der Waals surface area contributed by atoms with Gasteiger partial charge in [-0.2, -0.15) is 0 Å². The van der Waals surface area contributed by atoms with Crippen LogP contribution in [0, 0.1) is 0 Å². The molecule has 0 radical (unpaired) electrons. The lowest BCUT2D eigenvalue weighted by molar-refractivity contribution is 0.799. The van der Waals surface area contributed by atoms with Gasteiger partial charge in [-0.25, -0.2) is 0 Å². The molecule has 0 fully saturated rings. The summed E-state index contributed by atoms with van der Waals surface area (Å²) in [6.45, 7) is 6.19. The standard InChI is InChI=1S/C6H13N/c1-3-5-6-7-4-2/h3,5,7H,4,6H2,1-2H3/b5-3+. The van der Waals surface area contributed by atoms with Gasteiger partial charge in [0, 0.05) is 6.54 Å². The van der Waals surface area contributed by atoms with Crippen LogP contribution in [-0.2, 0) is 0 Å². The fourth-order valence-corrected chi connectivity index (χ4v) is 0.346. The summed E-state index contributed by atoms with van der Waals surface area (Å²) in [6.07, 6.45) is 4.14. The van der Waals surface area contributed by atoms with Gasteiger partial charge in [-0.15, -0.1) is 0 Å². The molecule has 0 heterocycles. The molecule has 0 spiro atoms. The molecule has 0 saturated carbocycles. The third-order valence-corrected chi connectivity index (χ3v) is 0.748. The fraction of sp³-hybridized carbons (Fsp3) is 0.667. The highest BCUT2D eigenvalue weighted by Crippen LogP contribution is 1.64. The van der Waals surface area contributed by atoms with Crippen molar-refractivity contribution in [2.45, 2.75) is 13.8 Å². The van der Waals surface area contributed by atoms with Gasteiger partial charge in [0.15, 0.2) is 0 Å². The number of allylic oxidation sites excluding steroid dienone is 1. The van der Waals surface area contributed by atoms with Gasteiger partial charge in [0.1, 0.15) is 0 Å². The smallest absolute Gasteiger partial charge is 0.0134 e. The molecule has 0 bridgehead atoms. The normalized spacial score (nSPS) is 10.6. The van der Waals surface area contributed by atoms with Gasteiger partial charge in [0.2, 0.25) is 0 Å². The molecule has 0 aliphatic heterocycles. The molecule has 1 heteroatoms. The van der Waals surface area contributed by atoms with Gasteiger partial charge in [-0.05, 0) is 13.5 Å². The second-order valence-corrected chi connectivity index (χ2v) is 1.38. The Bertz CT molecular complexity index is 48.1. The Morgan fingerprint density at radius 3 is 2.71 bits per heavy atom. The molecule has 1 nitrogen and oxygen atoms in total.